The monoisotopic (exact) mass is 304 g/mol. The largest absolute Gasteiger partial charge is 0.389 e. The van der Waals surface area contributed by atoms with E-state index in [1.807, 2.05) is 6.92 Å². The molecule has 3 heteroatoms. The predicted molar refractivity (Wildman–Crippen MR) is 83.2 cm³/mol. The van der Waals surface area contributed by atoms with Crippen molar-refractivity contribution in [2.75, 3.05) is 0 Å². The molecule has 4 aliphatic carbocycles. The van der Waals surface area contributed by atoms with Gasteiger partial charge in [0, 0.05) is 19.3 Å². The minimum absolute atomic E-state index is 0.194. The van der Waals surface area contributed by atoms with Gasteiger partial charge in [0.1, 0.15) is 11.6 Å². The zero-order chi connectivity index (χ0) is 15.8. The number of carbonyl (C=O) groups excluding carboxylic acids is 2. The molecule has 0 aromatic heterocycles. The molecule has 0 bridgehead atoms. The molecule has 0 amide bonds. The van der Waals surface area contributed by atoms with Crippen LogP contribution in [0.25, 0.3) is 0 Å². The third-order valence-electron chi connectivity index (χ3n) is 8.38. The van der Waals surface area contributed by atoms with E-state index in [1.54, 1.807) is 0 Å². The summed E-state index contributed by atoms with van der Waals surface area (Å²) in [5.41, 5.74) is -1.11. The summed E-state index contributed by atoms with van der Waals surface area (Å²) < 4.78 is 0. The molecule has 3 nitrogen and oxygen atoms in total. The number of fused-ring (bicyclic) bond motifs is 5. The fraction of sp³-hybridized carbons (Fsp3) is 0.895. The van der Waals surface area contributed by atoms with Gasteiger partial charge in [-0.15, -0.1) is 0 Å². The molecule has 4 aliphatic rings. The molecule has 4 saturated carbocycles. The van der Waals surface area contributed by atoms with Crippen LogP contribution in [0.3, 0.4) is 0 Å². The summed E-state index contributed by atoms with van der Waals surface area (Å²) in [4.78, 5) is 24.3. The average Bonchev–Trinajstić information content (AvgIpc) is 2.72. The summed E-state index contributed by atoms with van der Waals surface area (Å²) in [6.07, 6.45) is 7.58. The zero-order valence-corrected chi connectivity index (χ0v) is 13.9. The van der Waals surface area contributed by atoms with Crippen molar-refractivity contribution >= 4 is 11.6 Å². The summed E-state index contributed by atoms with van der Waals surface area (Å²) in [5, 5.41) is 11.5. The first-order valence-corrected chi connectivity index (χ1v) is 9.09. The van der Waals surface area contributed by atoms with Crippen molar-refractivity contribution < 1.29 is 14.7 Å². The molecule has 0 heterocycles. The van der Waals surface area contributed by atoms with Gasteiger partial charge in [-0.05, 0) is 68.6 Å². The third-order valence-corrected chi connectivity index (χ3v) is 8.38. The summed E-state index contributed by atoms with van der Waals surface area (Å²) in [6.45, 7) is 4.38. The number of ketones is 2. The van der Waals surface area contributed by atoms with Crippen LogP contribution in [-0.4, -0.2) is 22.3 Å². The van der Waals surface area contributed by atoms with Crippen LogP contribution >= 0.6 is 0 Å². The van der Waals surface area contributed by atoms with Crippen molar-refractivity contribution in [2.24, 2.45) is 28.6 Å². The van der Waals surface area contributed by atoms with E-state index in [0.29, 0.717) is 36.9 Å². The molecule has 0 saturated heterocycles. The lowest BCUT2D eigenvalue weighted by atomic mass is 9.44. The second-order valence-electron chi connectivity index (χ2n) is 8.95. The maximum absolute atomic E-state index is 12.4. The van der Waals surface area contributed by atoms with Gasteiger partial charge in [0.05, 0.1) is 11.0 Å². The molecule has 0 unspecified atom stereocenters. The Balaban J connectivity index is 1.71. The smallest absolute Gasteiger partial charge is 0.141 e. The van der Waals surface area contributed by atoms with E-state index in [4.69, 9.17) is 0 Å². The first-order chi connectivity index (χ1) is 10.3. The number of hydrogen-bond donors (Lipinski definition) is 1. The topological polar surface area (TPSA) is 54.4 Å². The van der Waals surface area contributed by atoms with Crippen LogP contribution in [0.15, 0.2) is 0 Å². The predicted octanol–water partition coefficient (Wildman–Crippen LogP) is 3.28. The van der Waals surface area contributed by atoms with E-state index >= 15 is 0 Å². The molecule has 0 radical (unpaired) electrons. The van der Waals surface area contributed by atoms with E-state index in [9.17, 15) is 14.7 Å². The van der Waals surface area contributed by atoms with E-state index in [1.165, 1.54) is 0 Å². The molecule has 0 aromatic rings. The van der Waals surface area contributed by atoms with Crippen LogP contribution in [0.2, 0.25) is 0 Å². The first kappa shape index (κ1) is 14.9. The highest BCUT2D eigenvalue weighted by Crippen LogP contribution is 2.66. The molecule has 0 spiro atoms. The number of hydrogen-bond acceptors (Lipinski definition) is 3. The second kappa shape index (κ2) is 4.43. The van der Waals surface area contributed by atoms with Crippen LogP contribution < -0.4 is 0 Å². The Morgan fingerprint density at radius 1 is 0.955 bits per heavy atom. The maximum atomic E-state index is 12.4. The van der Waals surface area contributed by atoms with Gasteiger partial charge in [0.25, 0.3) is 0 Å². The lowest BCUT2D eigenvalue weighted by molar-refractivity contribution is -0.197. The SMILES string of the molecule is C[C@]12CCC(=O)C[C@H]1CC[C@@H]1[C@@H]2CC[C@@]2(C)C(=O)CC[C@@]12O. The summed E-state index contributed by atoms with van der Waals surface area (Å²) >= 11 is 0. The quantitative estimate of drug-likeness (QED) is 0.747. The lowest BCUT2D eigenvalue weighted by Crippen LogP contribution is -2.62. The fourth-order valence-corrected chi connectivity index (χ4v) is 6.78. The van der Waals surface area contributed by atoms with Crippen molar-refractivity contribution in [2.45, 2.75) is 77.2 Å². The Morgan fingerprint density at radius 3 is 2.50 bits per heavy atom. The van der Waals surface area contributed by atoms with Gasteiger partial charge in [-0.25, -0.2) is 0 Å². The number of Topliss-reactive ketones (excluding diaryl/α,β-unsaturated/α-hetero) is 2. The zero-order valence-electron chi connectivity index (χ0n) is 13.9. The van der Waals surface area contributed by atoms with Crippen molar-refractivity contribution in [3.05, 3.63) is 0 Å². The summed E-state index contributed by atoms with van der Waals surface area (Å²) in [5.74, 6) is 1.95. The molecular weight excluding hydrogens is 276 g/mol. The summed E-state index contributed by atoms with van der Waals surface area (Å²) in [7, 11) is 0. The van der Waals surface area contributed by atoms with Crippen molar-refractivity contribution in [3.8, 4) is 0 Å². The minimum Gasteiger partial charge on any atom is -0.389 e. The third kappa shape index (κ3) is 1.61. The van der Waals surface area contributed by atoms with Gasteiger partial charge >= 0.3 is 0 Å². The van der Waals surface area contributed by atoms with Gasteiger partial charge in [-0.2, -0.15) is 0 Å². The molecule has 6 atom stereocenters. The van der Waals surface area contributed by atoms with Gasteiger partial charge in [0.15, 0.2) is 0 Å². The standard InChI is InChI=1S/C19H28O3/c1-17-8-5-13(20)11-12(17)3-4-15-14(17)6-9-18(2)16(21)7-10-19(15,18)22/h12,14-15,22H,3-11H2,1-2H3/t12-,14+,15-,17+,18+,19-/m1/s1. The van der Waals surface area contributed by atoms with Gasteiger partial charge < -0.3 is 5.11 Å². The van der Waals surface area contributed by atoms with Crippen LogP contribution in [0.5, 0.6) is 0 Å². The highest BCUT2D eigenvalue weighted by molar-refractivity contribution is 5.88. The van der Waals surface area contributed by atoms with E-state index in [0.717, 1.165) is 38.5 Å². The van der Waals surface area contributed by atoms with Crippen molar-refractivity contribution in [1.82, 2.24) is 0 Å². The molecule has 1 N–H and O–H groups in total. The van der Waals surface area contributed by atoms with Crippen molar-refractivity contribution in [1.29, 1.82) is 0 Å². The second-order valence-corrected chi connectivity index (χ2v) is 8.95. The number of aliphatic hydroxyl groups is 1. The highest BCUT2D eigenvalue weighted by Gasteiger charge is 2.67. The Morgan fingerprint density at radius 2 is 1.73 bits per heavy atom. The molecule has 122 valence electrons. The van der Waals surface area contributed by atoms with Crippen LogP contribution in [0.1, 0.15) is 71.6 Å². The molecular formula is C19H28O3. The van der Waals surface area contributed by atoms with E-state index in [2.05, 4.69) is 6.92 Å². The molecule has 4 fully saturated rings. The van der Waals surface area contributed by atoms with Crippen LogP contribution in [0.4, 0.5) is 0 Å². The normalized spacial score (nSPS) is 54.6. The van der Waals surface area contributed by atoms with Crippen LogP contribution in [0, 0.1) is 28.6 Å². The first-order valence-electron chi connectivity index (χ1n) is 9.09. The van der Waals surface area contributed by atoms with Gasteiger partial charge in [0.2, 0.25) is 0 Å². The molecule has 4 rings (SSSR count). The highest BCUT2D eigenvalue weighted by atomic mass is 16.3. The molecule has 0 aliphatic heterocycles. The Kier molecular flexibility index (Phi) is 3.00. The number of rotatable bonds is 0. The minimum atomic E-state index is -0.789. The average molecular weight is 304 g/mol. The van der Waals surface area contributed by atoms with Gasteiger partial charge in [-0.1, -0.05) is 6.92 Å². The van der Waals surface area contributed by atoms with Crippen molar-refractivity contribution in [3.63, 3.8) is 0 Å². The molecule has 22 heavy (non-hydrogen) atoms. The fourth-order valence-electron chi connectivity index (χ4n) is 6.78. The Labute approximate surface area is 132 Å². The Bertz CT molecular complexity index is 541. The number of carbonyl (C=O) groups is 2. The summed E-state index contributed by atoms with van der Waals surface area (Å²) in [6, 6.07) is 0. The van der Waals surface area contributed by atoms with Crippen LogP contribution in [-0.2, 0) is 9.59 Å². The van der Waals surface area contributed by atoms with Gasteiger partial charge in [-0.3, -0.25) is 9.59 Å². The maximum Gasteiger partial charge on any atom is 0.141 e. The van der Waals surface area contributed by atoms with E-state index < -0.39 is 11.0 Å². The lowest BCUT2D eigenvalue weighted by Gasteiger charge is -2.61. The molecule has 0 aromatic carbocycles. The van der Waals surface area contributed by atoms with E-state index in [-0.39, 0.29) is 17.1 Å². The Hall–Kier alpha value is -0.700.